The molecule has 6 nitrogen and oxygen atoms in total. The number of aromatic nitrogens is 2. The van der Waals surface area contributed by atoms with E-state index in [1.54, 1.807) is 0 Å². The Bertz CT molecular complexity index is 437. The van der Waals surface area contributed by atoms with Crippen LogP contribution in [-0.2, 0) is 11.3 Å². The van der Waals surface area contributed by atoms with Crippen LogP contribution in [0.15, 0.2) is 12.4 Å². The predicted octanol–water partition coefficient (Wildman–Crippen LogP) is 0.676. The van der Waals surface area contributed by atoms with Crippen LogP contribution < -0.4 is 16.0 Å². The molecule has 1 aliphatic rings. The molecule has 0 aliphatic carbocycles. The number of nitrogens with two attached hydrogens (primary N) is 1. The fourth-order valence-electron chi connectivity index (χ4n) is 2.29. The summed E-state index contributed by atoms with van der Waals surface area (Å²) in [4.78, 5) is 22.1. The van der Waals surface area contributed by atoms with Crippen LogP contribution in [-0.4, -0.2) is 35.0 Å². The predicted molar refractivity (Wildman–Crippen MR) is 78.1 cm³/mol. The third kappa shape index (κ3) is 3.90. The average molecular weight is 277 g/mol. The van der Waals surface area contributed by atoms with Crippen LogP contribution in [0.2, 0.25) is 0 Å². The summed E-state index contributed by atoms with van der Waals surface area (Å²) in [5.41, 5.74) is 6.41. The van der Waals surface area contributed by atoms with Gasteiger partial charge in [0.05, 0.1) is 0 Å². The van der Waals surface area contributed by atoms with Gasteiger partial charge in [-0.1, -0.05) is 13.8 Å². The quantitative estimate of drug-likeness (QED) is 0.826. The van der Waals surface area contributed by atoms with Crippen molar-refractivity contribution in [3.05, 3.63) is 18.0 Å². The van der Waals surface area contributed by atoms with E-state index in [9.17, 15) is 4.79 Å². The fourth-order valence-corrected chi connectivity index (χ4v) is 2.29. The summed E-state index contributed by atoms with van der Waals surface area (Å²) < 4.78 is 0. The van der Waals surface area contributed by atoms with Crippen LogP contribution in [0.4, 0.5) is 5.95 Å². The van der Waals surface area contributed by atoms with Gasteiger partial charge in [-0.05, 0) is 12.8 Å². The first-order chi connectivity index (χ1) is 9.56. The van der Waals surface area contributed by atoms with Crippen LogP contribution in [0.5, 0.6) is 0 Å². The Balaban J connectivity index is 1.89. The molecule has 0 bridgehead atoms. The van der Waals surface area contributed by atoms with E-state index >= 15 is 0 Å². The topological polar surface area (TPSA) is 84.1 Å². The maximum Gasteiger partial charge on any atom is 0.225 e. The summed E-state index contributed by atoms with van der Waals surface area (Å²) >= 11 is 0. The van der Waals surface area contributed by atoms with Crippen LogP contribution in [0.3, 0.4) is 0 Å². The Morgan fingerprint density at radius 3 is 2.50 bits per heavy atom. The molecule has 110 valence electrons. The second-order valence-electron chi connectivity index (χ2n) is 5.59. The second-order valence-corrected chi connectivity index (χ2v) is 5.59. The number of anilines is 1. The number of hydrogen-bond acceptors (Lipinski definition) is 5. The van der Waals surface area contributed by atoms with E-state index in [0.717, 1.165) is 44.0 Å². The second kappa shape index (κ2) is 6.65. The number of carbonyl (C=O) groups is 1. The zero-order chi connectivity index (χ0) is 14.5. The number of nitrogens with zero attached hydrogens (tertiary/aromatic N) is 3. The van der Waals surface area contributed by atoms with Gasteiger partial charge in [0.15, 0.2) is 0 Å². The molecule has 0 spiro atoms. The highest BCUT2D eigenvalue weighted by Gasteiger charge is 2.24. The van der Waals surface area contributed by atoms with Crippen LogP contribution >= 0.6 is 0 Å². The third-order valence-electron chi connectivity index (χ3n) is 3.59. The number of hydrogen-bond donors (Lipinski definition) is 2. The lowest BCUT2D eigenvalue weighted by molar-refractivity contribution is -0.122. The van der Waals surface area contributed by atoms with E-state index in [4.69, 9.17) is 5.73 Å². The minimum atomic E-state index is -0.194. The molecular weight excluding hydrogens is 254 g/mol. The van der Waals surface area contributed by atoms with Crippen molar-refractivity contribution >= 4 is 11.9 Å². The number of amides is 1. The van der Waals surface area contributed by atoms with Gasteiger partial charge in [0.1, 0.15) is 0 Å². The first-order valence-electron chi connectivity index (χ1n) is 7.15. The molecule has 0 unspecified atom stereocenters. The molecule has 1 saturated heterocycles. The van der Waals surface area contributed by atoms with Gasteiger partial charge in [-0.15, -0.1) is 0 Å². The molecule has 1 aromatic rings. The normalized spacial score (nSPS) is 16.6. The summed E-state index contributed by atoms with van der Waals surface area (Å²) in [6.07, 6.45) is 5.29. The summed E-state index contributed by atoms with van der Waals surface area (Å²) in [6, 6.07) is 0.447. The van der Waals surface area contributed by atoms with Crippen molar-refractivity contribution in [3.8, 4) is 0 Å². The van der Waals surface area contributed by atoms with Crippen molar-refractivity contribution in [1.29, 1.82) is 0 Å². The molecule has 6 heteroatoms. The fraction of sp³-hybridized carbons (Fsp3) is 0.643. The molecule has 2 heterocycles. The molecule has 0 aromatic carbocycles. The maximum absolute atomic E-state index is 11.1. The van der Waals surface area contributed by atoms with Gasteiger partial charge in [-0.3, -0.25) is 4.79 Å². The Hall–Kier alpha value is -1.69. The highest BCUT2D eigenvalue weighted by molar-refractivity contribution is 5.76. The molecule has 2 rings (SSSR count). The summed E-state index contributed by atoms with van der Waals surface area (Å²) in [5, 5.41) is 3.33. The Kier molecular flexibility index (Phi) is 4.89. The lowest BCUT2D eigenvalue weighted by atomic mass is 9.96. The molecule has 20 heavy (non-hydrogen) atoms. The van der Waals surface area contributed by atoms with E-state index in [-0.39, 0.29) is 11.8 Å². The number of rotatable bonds is 5. The molecular formula is C14H23N5O. The molecule has 1 fully saturated rings. The van der Waals surface area contributed by atoms with Crippen molar-refractivity contribution in [2.45, 2.75) is 39.3 Å². The summed E-state index contributed by atoms with van der Waals surface area (Å²) in [5.74, 6) is 0.544. The van der Waals surface area contributed by atoms with Crippen LogP contribution in [0, 0.1) is 5.92 Å². The van der Waals surface area contributed by atoms with E-state index in [2.05, 4.69) is 34.0 Å². The van der Waals surface area contributed by atoms with Crippen molar-refractivity contribution in [2.24, 2.45) is 11.7 Å². The average Bonchev–Trinajstić information content (AvgIpc) is 2.46. The van der Waals surface area contributed by atoms with Gasteiger partial charge in [-0.2, -0.15) is 0 Å². The van der Waals surface area contributed by atoms with Crippen LogP contribution in [0.1, 0.15) is 32.3 Å². The molecule has 1 aromatic heterocycles. The molecule has 0 radical (unpaired) electrons. The number of nitrogens with one attached hydrogen (secondary N) is 1. The van der Waals surface area contributed by atoms with Crippen molar-refractivity contribution in [1.82, 2.24) is 15.3 Å². The smallest absolute Gasteiger partial charge is 0.225 e. The number of primary amides is 1. The van der Waals surface area contributed by atoms with Crippen molar-refractivity contribution < 1.29 is 4.79 Å². The van der Waals surface area contributed by atoms with E-state index in [1.807, 2.05) is 12.4 Å². The largest absolute Gasteiger partial charge is 0.369 e. The van der Waals surface area contributed by atoms with Gasteiger partial charge in [0, 0.05) is 49.6 Å². The SMILES string of the molecule is CC(C)NCc1cnc(N2CCC(C(N)=O)CC2)nc1. The standard InChI is InChI=1S/C14H23N5O/c1-10(2)16-7-11-8-17-14(18-9-11)19-5-3-12(4-6-19)13(15)20/h8-10,12,16H,3-7H2,1-2H3,(H2,15,20). The summed E-state index contributed by atoms with van der Waals surface area (Å²) in [6.45, 7) is 6.58. The lowest BCUT2D eigenvalue weighted by Crippen LogP contribution is -2.39. The zero-order valence-electron chi connectivity index (χ0n) is 12.2. The van der Waals surface area contributed by atoms with Crippen LogP contribution in [0.25, 0.3) is 0 Å². The highest BCUT2D eigenvalue weighted by atomic mass is 16.1. The molecule has 1 amide bonds. The van der Waals surface area contributed by atoms with Gasteiger partial charge >= 0.3 is 0 Å². The summed E-state index contributed by atoms with van der Waals surface area (Å²) in [7, 11) is 0. The van der Waals surface area contributed by atoms with E-state index < -0.39 is 0 Å². The highest BCUT2D eigenvalue weighted by Crippen LogP contribution is 2.20. The molecule has 0 atom stereocenters. The zero-order valence-corrected chi connectivity index (χ0v) is 12.2. The Labute approximate surface area is 119 Å². The maximum atomic E-state index is 11.1. The van der Waals surface area contributed by atoms with Crippen molar-refractivity contribution in [3.63, 3.8) is 0 Å². The number of piperidine rings is 1. The van der Waals surface area contributed by atoms with Gasteiger partial charge in [-0.25, -0.2) is 9.97 Å². The van der Waals surface area contributed by atoms with Gasteiger partial charge in [0.25, 0.3) is 0 Å². The Morgan fingerprint density at radius 2 is 2.00 bits per heavy atom. The van der Waals surface area contributed by atoms with Gasteiger partial charge in [0.2, 0.25) is 11.9 Å². The first-order valence-corrected chi connectivity index (χ1v) is 7.15. The number of carbonyl (C=O) groups excluding carboxylic acids is 1. The monoisotopic (exact) mass is 277 g/mol. The Morgan fingerprint density at radius 1 is 1.40 bits per heavy atom. The molecule has 1 aliphatic heterocycles. The third-order valence-corrected chi connectivity index (χ3v) is 3.59. The van der Waals surface area contributed by atoms with Crippen molar-refractivity contribution in [2.75, 3.05) is 18.0 Å². The molecule has 0 saturated carbocycles. The minimum Gasteiger partial charge on any atom is -0.369 e. The van der Waals surface area contributed by atoms with Gasteiger partial charge < -0.3 is 16.0 Å². The van der Waals surface area contributed by atoms with E-state index in [0.29, 0.717) is 6.04 Å². The lowest BCUT2D eigenvalue weighted by Gasteiger charge is -2.30. The first kappa shape index (κ1) is 14.7. The minimum absolute atomic E-state index is 0.000708. The van der Waals surface area contributed by atoms with E-state index in [1.165, 1.54) is 0 Å². The molecule has 3 N–H and O–H groups in total.